The van der Waals surface area contributed by atoms with Crippen LogP contribution in [0.25, 0.3) is 11.1 Å². The lowest BCUT2D eigenvalue weighted by atomic mass is 10.1. The van der Waals surface area contributed by atoms with Crippen LogP contribution in [0.3, 0.4) is 0 Å². The number of pyridine rings is 1. The lowest BCUT2D eigenvalue weighted by Gasteiger charge is -2.03. The van der Waals surface area contributed by atoms with Crippen molar-refractivity contribution in [2.24, 2.45) is 0 Å². The Morgan fingerprint density at radius 1 is 1.04 bits per heavy atom. The Hall–Kier alpha value is -2.86. The fourth-order valence-corrected chi connectivity index (χ4v) is 3.33. The molecule has 0 spiro atoms. The third-order valence-corrected chi connectivity index (χ3v) is 4.54. The van der Waals surface area contributed by atoms with Crippen molar-refractivity contribution in [1.29, 1.82) is 0 Å². The summed E-state index contributed by atoms with van der Waals surface area (Å²) in [6, 6.07) is 18.1. The molecule has 0 amide bonds. The number of nitrogens with zero attached hydrogens (tertiary/aromatic N) is 2. The number of Topliss-reactive ketones (excluding diaryl/α,β-unsaturated/α-hetero) is 1. The molecular weight excluding hydrogens is 396 g/mol. The maximum Gasteiger partial charge on any atom is 0.269 e. The first-order valence-corrected chi connectivity index (χ1v) is 8.01. The number of hydrogen-bond acceptors (Lipinski definition) is 3. The number of rotatable bonds is 4. The molecule has 0 atom stereocenters. The zero-order chi connectivity index (χ0) is 17.4. The standard InChI is InChI=1S/C20H15N2O3.BrH/c23-20(14-5-2-1-3-6-14)13-21-10-4-7-18-17-9-8-16(22(24)25)11-15(17)12-19(18)21;/h1-11H,12-13H2;1H/q+1;/p-1. The molecule has 0 N–H and O–H groups in total. The van der Waals surface area contributed by atoms with Gasteiger partial charge in [-0.1, -0.05) is 30.3 Å². The van der Waals surface area contributed by atoms with Crippen LogP contribution in [0.15, 0.2) is 66.9 Å². The summed E-state index contributed by atoms with van der Waals surface area (Å²) in [6.45, 7) is 0.253. The number of carbonyl (C=O) groups excluding carboxylic acids is 1. The Bertz CT molecular complexity index is 1000. The van der Waals surface area contributed by atoms with E-state index in [0.717, 1.165) is 22.4 Å². The minimum Gasteiger partial charge on any atom is -1.00 e. The highest BCUT2D eigenvalue weighted by atomic mass is 79.9. The summed E-state index contributed by atoms with van der Waals surface area (Å²) >= 11 is 0. The molecule has 5 nitrogen and oxygen atoms in total. The van der Waals surface area contributed by atoms with Crippen LogP contribution in [0, 0.1) is 10.1 Å². The van der Waals surface area contributed by atoms with Gasteiger partial charge >= 0.3 is 0 Å². The van der Waals surface area contributed by atoms with Gasteiger partial charge in [0.2, 0.25) is 12.3 Å². The fourth-order valence-electron chi connectivity index (χ4n) is 3.33. The van der Waals surface area contributed by atoms with Crippen LogP contribution in [0.1, 0.15) is 21.6 Å². The summed E-state index contributed by atoms with van der Waals surface area (Å²) in [5.41, 5.74) is 4.76. The third-order valence-electron chi connectivity index (χ3n) is 4.54. The second-order valence-electron chi connectivity index (χ2n) is 6.06. The minimum atomic E-state index is -0.379. The molecule has 6 heteroatoms. The number of carbonyl (C=O) groups is 1. The Morgan fingerprint density at radius 3 is 2.54 bits per heavy atom. The second kappa shape index (κ2) is 7.17. The number of aromatic nitrogens is 1. The van der Waals surface area contributed by atoms with Gasteiger partial charge in [-0.05, 0) is 23.3 Å². The van der Waals surface area contributed by atoms with Crippen molar-refractivity contribution < 1.29 is 31.3 Å². The van der Waals surface area contributed by atoms with Gasteiger partial charge in [0.25, 0.3) is 5.69 Å². The van der Waals surface area contributed by atoms with Crippen molar-refractivity contribution in [3.05, 3.63) is 93.8 Å². The molecule has 3 aromatic rings. The van der Waals surface area contributed by atoms with E-state index >= 15 is 0 Å². The smallest absolute Gasteiger partial charge is 0.269 e. The van der Waals surface area contributed by atoms with E-state index < -0.39 is 0 Å². The van der Waals surface area contributed by atoms with Crippen molar-refractivity contribution >= 4 is 11.5 Å². The zero-order valence-corrected chi connectivity index (χ0v) is 15.3. The quantitative estimate of drug-likeness (QED) is 0.211. The molecule has 4 rings (SSSR count). The molecule has 1 aliphatic rings. The van der Waals surface area contributed by atoms with Crippen LogP contribution in [-0.4, -0.2) is 10.7 Å². The predicted molar refractivity (Wildman–Crippen MR) is 92.3 cm³/mol. The molecule has 26 heavy (non-hydrogen) atoms. The first-order valence-electron chi connectivity index (χ1n) is 8.01. The molecule has 0 saturated carbocycles. The highest BCUT2D eigenvalue weighted by molar-refractivity contribution is 5.95. The summed E-state index contributed by atoms with van der Waals surface area (Å²) in [6.07, 6.45) is 2.48. The zero-order valence-electron chi connectivity index (χ0n) is 13.8. The Balaban J connectivity index is 0.00000196. The number of ketones is 1. The summed E-state index contributed by atoms with van der Waals surface area (Å²) in [7, 11) is 0. The monoisotopic (exact) mass is 410 g/mol. The van der Waals surface area contributed by atoms with Crippen LogP contribution < -0.4 is 21.5 Å². The summed E-state index contributed by atoms with van der Waals surface area (Å²) in [4.78, 5) is 23.1. The summed E-state index contributed by atoms with van der Waals surface area (Å²) in [5.74, 6) is 0.0425. The molecule has 0 fully saturated rings. The average Bonchev–Trinajstić information content (AvgIpc) is 3.01. The Kier molecular flexibility index (Phi) is 4.95. The summed E-state index contributed by atoms with van der Waals surface area (Å²) in [5, 5.41) is 11.0. The number of nitro groups is 1. The van der Waals surface area contributed by atoms with Crippen LogP contribution in [-0.2, 0) is 13.0 Å². The van der Waals surface area contributed by atoms with E-state index in [1.165, 1.54) is 6.07 Å². The molecule has 1 heterocycles. The van der Waals surface area contributed by atoms with Gasteiger partial charge in [-0.15, -0.1) is 0 Å². The first kappa shape index (κ1) is 17.9. The van der Waals surface area contributed by atoms with Crippen molar-refractivity contribution in [3.8, 4) is 11.1 Å². The number of benzene rings is 2. The third kappa shape index (κ3) is 3.15. The van der Waals surface area contributed by atoms with E-state index in [1.54, 1.807) is 12.1 Å². The molecule has 1 aliphatic carbocycles. The second-order valence-corrected chi connectivity index (χ2v) is 6.06. The van der Waals surface area contributed by atoms with Gasteiger partial charge in [-0.25, -0.2) is 0 Å². The Morgan fingerprint density at radius 2 is 1.81 bits per heavy atom. The van der Waals surface area contributed by atoms with E-state index in [4.69, 9.17) is 0 Å². The Labute approximate surface area is 160 Å². The number of nitro benzene ring substituents is 1. The van der Waals surface area contributed by atoms with E-state index in [-0.39, 0.29) is 39.9 Å². The molecule has 0 radical (unpaired) electrons. The molecule has 0 unspecified atom stereocenters. The van der Waals surface area contributed by atoms with Gasteiger partial charge in [0.1, 0.15) is 0 Å². The molecule has 0 saturated heterocycles. The molecule has 1 aromatic heterocycles. The van der Waals surface area contributed by atoms with E-state index in [9.17, 15) is 14.9 Å². The van der Waals surface area contributed by atoms with E-state index in [1.807, 2.05) is 53.2 Å². The normalized spacial score (nSPS) is 11.2. The molecular formula is C20H15BrN2O3. The van der Waals surface area contributed by atoms with Crippen LogP contribution in [0.5, 0.6) is 0 Å². The molecule has 130 valence electrons. The number of fused-ring (bicyclic) bond motifs is 3. The van der Waals surface area contributed by atoms with Gasteiger partial charge in [0.15, 0.2) is 11.9 Å². The number of halogens is 1. The van der Waals surface area contributed by atoms with Crippen LogP contribution >= 0.6 is 0 Å². The van der Waals surface area contributed by atoms with Crippen molar-refractivity contribution in [2.75, 3.05) is 0 Å². The number of non-ortho nitro benzene ring substituents is 1. The molecule has 2 aromatic carbocycles. The fraction of sp³-hybridized carbons (Fsp3) is 0.100. The number of hydrogen-bond donors (Lipinski definition) is 0. The van der Waals surface area contributed by atoms with Crippen molar-refractivity contribution in [1.82, 2.24) is 0 Å². The maximum absolute atomic E-state index is 12.5. The lowest BCUT2D eigenvalue weighted by Crippen LogP contribution is -3.00. The van der Waals surface area contributed by atoms with Crippen LogP contribution in [0.2, 0.25) is 0 Å². The van der Waals surface area contributed by atoms with Crippen molar-refractivity contribution in [3.63, 3.8) is 0 Å². The van der Waals surface area contributed by atoms with Crippen molar-refractivity contribution in [2.45, 2.75) is 13.0 Å². The molecule has 0 bridgehead atoms. The van der Waals surface area contributed by atoms with Gasteiger partial charge in [-0.2, -0.15) is 4.57 Å². The maximum atomic E-state index is 12.5. The highest BCUT2D eigenvalue weighted by Gasteiger charge is 2.29. The topological polar surface area (TPSA) is 64.1 Å². The van der Waals surface area contributed by atoms with Gasteiger partial charge in [0, 0.05) is 29.3 Å². The lowest BCUT2D eigenvalue weighted by molar-refractivity contribution is -0.689. The predicted octanol–water partition coefficient (Wildman–Crippen LogP) is 0.340. The SMILES string of the molecule is O=C(C[n+]1cccc2c1Cc1cc([N+](=O)[O-])ccc1-2)c1ccccc1.[Br-]. The first-order chi connectivity index (χ1) is 12.1. The highest BCUT2D eigenvalue weighted by Crippen LogP contribution is 2.36. The summed E-state index contributed by atoms with van der Waals surface area (Å²) < 4.78 is 1.94. The van der Waals surface area contributed by atoms with Gasteiger partial charge in [0.05, 0.1) is 11.3 Å². The van der Waals surface area contributed by atoms with Gasteiger partial charge in [-0.3, -0.25) is 14.9 Å². The van der Waals surface area contributed by atoms with E-state index in [0.29, 0.717) is 12.0 Å². The van der Waals surface area contributed by atoms with Gasteiger partial charge < -0.3 is 17.0 Å². The average molecular weight is 411 g/mol. The van der Waals surface area contributed by atoms with Crippen LogP contribution in [0.4, 0.5) is 5.69 Å². The molecule has 0 aliphatic heterocycles. The minimum absolute atomic E-state index is 0. The largest absolute Gasteiger partial charge is 1.00 e. The van der Waals surface area contributed by atoms with E-state index in [2.05, 4.69) is 0 Å².